The molecule has 3 atom stereocenters. The number of carbonyl (C=O) groups excluding carboxylic acids is 3. The highest BCUT2D eigenvalue weighted by Gasteiger charge is 2.45. The zero-order chi connectivity index (χ0) is 37.7. The Kier molecular flexibility index (Phi) is 15.8. The van der Waals surface area contributed by atoms with Crippen molar-refractivity contribution in [1.82, 2.24) is 4.90 Å². The van der Waals surface area contributed by atoms with Crippen LogP contribution in [0.5, 0.6) is 0 Å². The monoisotopic (exact) mass is 728 g/mol. The second kappa shape index (κ2) is 19.3. The number of halogens is 6. The number of hydrogen-bond acceptors (Lipinski definition) is 5. The van der Waals surface area contributed by atoms with Gasteiger partial charge < -0.3 is 24.0 Å². The summed E-state index contributed by atoms with van der Waals surface area (Å²) >= 11 is 0. The molecule has 0 N–H and O–H groups in total. The highest BCUT2D eigenvalue weighted by molar-refractivity contribution is 5.95. The van der Waals surface area contributed by atoms with E-state index in [4.69, 9.17) is 4.74 Å². The number of amides is 1. The number of esters is 1. The quantitative estimate of drug-likeness (QED) is 0.0644. The standard InChI is InChI=1S/C38H50F6N2O5/c1-3-4-5-6-7-8-9-10-11-15-20-46(26-34(47)48,27-35(49)51-2)33-18-19-45(32(25-33)21-28-16-13-12-14-17-28)36(50)29-22-30(37(39,40)41)24-31(23-29)38(42,43)44/h12-14,16-17,22-24,32-33H,3-11,15,18-21,25-27H2,1-2H3/t32-,33+,46?/m1/s1. The molecule has 13 heteroatoms. The number of rotatable bonds is 19. The number of hydrogen-bond donors (Lipinski definition) is 0. The van der Waals surface area contributed by atoms with Gasteiger partial charge in [-0.3, -0.25) is 4.79 Å². The Hall–Kier alpha value is -3.61. The van der Waals surface area contributed by atoms with Crippen molar-refractivity contribution in [2.45, 2.75) is 115 Å². The predicted octanol–water partition coefficient (Wildman–Crippen LogP) is 7.60. The number of alkyl halides is 6. The molecule has 0 radical (unpaired) electrons. The smallest absolute Gasteiger partial charge is 0.416 e. The van der Waals surface area contributed by atoms with Crippen LogP contribution in [0.3, 0.4) is 0 Å². The molecule has 0 spiro atoms. The molecule has 0 bridgehead atoms. The van der Waals surface area contributed by atoms with Crippen LogP contribution in [0.25, 0.3) is 0 Å². The van der Waals surface area contributed by atoms with Gasteiger partial charge in [-0.2, -0.15) is 26.3 Å². The molecule has 0 aliphatic carbocycles. The highest BCUT2D eigenvalue weighted by Crippen LogP contribution is 2.38. The molecule has 2 aromatic rings. The number of piperidine rings is 1. The molecular weight excluding hydrogens is 678 g/mol. The molecule has 0 saturated carbocycles. The van der Waals surface area contributed by atoms with Crippen molar-refractivity contribution in [2.24, 2.45) is 0 Å². The number of carboxylic acid groups (broad SMARTS) is 1. The lowest BCUT2D eigenvalue weighted by molar-refractivity contribution is -0.941. The fourth-order valence-corrected chi connectivity index (χ4v) is 7.27. The van der Waals surface area contributed by atoms with Crippen molar-refractivity contribution >= 4 is 17.8 Å². The van der Waals surface area contributed by atoms with E-state index in [0.717, 1.165) is 37.7 Å². The van der Waals surface area contributed by atoms with Crippen LogP contribution in [-0.4, -0.2) is 72.6 Å². The first-order valence-corrected chi connectivity index (χ1v) is 17.9. The van der Waals surface area contributed by atoms with Crippen LogP contribution >= 0.6 is 0 Å². The van der Waals surface area contributed by atoms with Gasteiger partial charge in [-0.05, 0) is 43.0 Å². The maximum atomic E-state index is 13.9. The minimum absolute atomic E-state index is 0.0172. The summed E-state index contributed by atoms with van der Waals surface area (Å²) in [5.74, 6) is -2.98. The number of aliphatic carboxylic acids is 1. The average Bonchev–Trinajstić information content (AvgIpc) is 3.07. The average molecular weight is 729 g/mol. The molecule has 2 aromatic carbocycles. The van der Waals surface area contributed by atoms with Gasteiger partial charge in [-0.1, -0.05) is 88.6 Å². The Bertz CT molecular complexity index is 1390. The number of quaternary nitrogens is 1. The third-order valence-corrected chi connectivity index (χ3v) is 9.95. The first-order chi connectivity index (χ1) is 24.1. The Morgan fingerprint density at radius 2 is 1.37 bits per heavy atom. The van der Waals surface area contributed by atoms with E-state index in [-0.39, 0.29) is 42.9 Å². The van der Waals surface area contributed by atoms with E-state index < -0.39 is 65.5 Å². The van der Waals surface area contributed by atoms with E-state index in [2.05, 4.69) is 6.92 Å². The van der Waals surface area contributed by atoms with Gasteiger partial charge in [-0.15, -0.1) is 0 Å². The van der Waals surface area contributed by atoms with Gasteiger partial charge in [0.2, 0.25) is 0 Å². The summed E-state index contributed by atoms with van der Waals surface area (Å²) in [6.45, 7) is 1.65. The second-order valence-electron chi connectivity index (χ2n) is 13.7. The normalized spacial score (nSPS) is 17.9. The summed E-state index contributed by atoms with van der Waals surface area (Å²) in [7, 11) is 1.21. The number of benzene rings is 2. The third kappa shape index (κ3) is 12.8. The van der Waals surface area contributed by atoms with Gasteiger partial charge in [0, 0.05) is 31.0 Å². The number of ether oxygens (including phenoxy) is 1. The van der Waals surface area contributed by atoms with Gasteiger partial charge in [0.1, 0.15) is 6.54 Å². The number of carboxylic acids is 1. The molecule has 1 unspecified atom stereocenters. The molecule has 284 valence electrons. The molecule has 3 rings (SSSR count). The van der Waals surface area contributed by atoms with Crippen molar-refractivity contribution in [3.8, 4) is 0 Å². The lowest BCUT2D eigenvalue weighted by atomic mass is 9.88. The number of likely N-dealkylation sites (tertiary alicyclic amines) is 1. The molecule has 1 heterocycles. The lowest BCUT2D eigenvalue weighted by Crippen LogP contribution is -2.66. The summed E-state index contributed by atoms with van der Waals surface area (Å²) in [4.78, 5) is 40.2. The zero-order valence-corrected chi connectivity index (χ0v) is 29.5. The Balaban J connectivity index is 1.92. The molecular formula is C38H50F6N2O5. The number of carbonyl (C=O) groups is 3. The summed E-state index contributed by atoms with van der Waals surface area (Å²) in [6.07, 6.45) is 0.742. The molecule has 7 nitrogen and oxygen atoms in total. The van der Waals surface area contributed by atoms with Gasteiger partial charge in [0.05, 0.1) is 36.8 Å². The van der Waals surface area contributed by atoms with Crippen LogP contribution in [0.4, 0.5) is 26.3 Å². The third-order valence-electron chi connectivity index (χ3n) is 9.95. The molecule has 1 aliphatic heterocycles. The minimum atomic E-state index is -5.13. The lowest BCUT2D eigenvalue weighted by Gasteiger charge is -2.50. The fraction of sp³-hybridized carbons (Fsp3) is 0.605. The SMILES string of the molecule is CCCCCCCCCCCC[N+](CC(=O)[O-])(CC(=O)OC)[C@H]1CCN(C(=O)c2cc(C(F)(F)F)cc(C(F)(F)F)c2)[C@H](Cc2ccccc2)C1. The van der Waals surface area contributed by atoms with Crippen LogP contribution in [0.2, 0.25) is 0 Å². The second-order valence-corrected chi connectivity index (χ2v) is 13.7. The first kappa shape index (κ1) is 41.8. The van der Waals surface area contributed by atoms with E-state index in [1.165, 1.54) is 37.7 Å². The number of unbranched alkanes of at least 4 members (excludes halogenated alkanes) is 9. The Labute approximate surface area is 296 Å². The predicted molar refractivity (Wildman–Crippen MR) is 178 cm³/mol. The van der Waals surface area contributed by atoms with Crippen molar-refractivity contribution in [3.63, 3.8) is 0 Å². The molecule has 1 saturated heterocycles. The molecule has 1 amide bonds. The minimum Gasteiger partial charge on any atom is -0.544 e. The van der Waals surface area contributed by atoms with Crippen molar-refractivity contribution in [3.05, 3.63) is 70.8 Å². The van der Waals surface area contributed by atoms with Crippen molar-refractivity contribution < 1.29 is 55.1 Å². The molecule has 1 aliphatic rings. The van der Waals surface area contributed by atoms with E-state index >= 15 is 0 Å². The van der Waals surface area contributed by atoms with Crippen LogP contribution in [-0.2, 0) is 33.1 Å². The van der Waals surface area contributed by atoms with E-state index in [9.17, 15) is 45.8 Å². The van der Waals surface area contributed by atoms with E-state index in [1.54, 1.807) is 30.3 Å². The Morgan fingerprint density at radius 1 is 0.824 bits per heavy atom. The number of nitrogens with zero attached hydrogens (tertiary/aromatic N) is 2. The fourth-order valence-electron chi connectivity index (χ4n) is 7.27. The largest absolute Gasteiger partial charge is 0.544 e. The van der Waals surface area contributed by atoms with E-state index in [1.807, 2.05) is 0 Å². The molecule has 51 heavy (non-hydrogen) atoms. The van der Waals surface area contributed by atoms with Gasteiger partial charge in [-0.25, -0.2) is 4.79 Å². The number of methoxy groups -OCH3 is 1. The van der Waals surface area contributed by atoms with Crippen LogP contribution in [0, 0.1) is 0 Å². The van der Waals surface area contributed by atoms with Crippen LogP contribution < -0.4 is 5.11 Å². The Morgan fingerprint density at radius 3 is 1.88 bits per heavy atom. The van der Waals surface area contributed by atoms with Crippen molar-refractivity contribution in [2.75, 3.05) is 33.3 Å². The molecule has 0 aromatic heterocycles. The summed E-state index contributed by atoms with van der Waals surface area (Å²) in [5, 5.41) is 12.2. The summed E-state index contributed by atoms with van der Waals surface area (Å²) in [6, 6.07) is 8.52. The summed E-state index contributed by atoms with van der Waals surface area (Å²) < 4.78 is 86.9. The topological polar surface area (TPSA) is 86.7 Å². The van der Waals surface area contributed by atoms with Crippen molar-refractivity contribution in [1.29, 1.82) is 0 Å². The van der Waals surface area contributed by atoms with Crippen LogP contribution in [0.1, 0.15) is 111 Å². The van der Waals surface area contributed by atoms with Crippen LogP contribution in [0.15, 0.2) is 48.5 Å². The van der Waals surface area contributed by atoms with Gasteiger partial charge >= 0.3 is 18.3 Å². The zero-order valence-electron chi connectivity index (χ0n) is 29.5. The van der Waals surface area contributed by atoms with Gasteiger partial charge in [0.15, 0.2) is 6.54 Å². The maximum Gasteiger partial charge on any atom is 0.416 e. The maximum absolute atomic E-state index is 13.9. The highest BCUT2D eigenvalue weighted by atomic mass is 19.4. The summed E-state index contributed by atoms with van der Waals surface area (Å²) in [5.41, 5.74) is -3.16. The van der Waals surface area contributed by atoms with Gasteiger partial charge in [0.25, 0.3) is 5.91 Å². The van der Waals surface area contributed by atoms with E-state index in [0.29, 0.717) is 25.1 Å². The first-order valence-electron chi connectivity index (χ1n) is 17.9. The molecule has 1 fully saturated rings.